The minimum absolute atomic E-state index is 0.0246. The first kappa shape index (κ1) is 25.2. The predicted octanol–water partition coefficient (Wildman–Crippen LogP) is 3.13. The number of hydrogen-bond donors (Lipinski definition) is 3. The summed E-state index contributed by atoms with van der Waals surface area (Å²) in [5.74, 6) is 0.513. The van der Waals surface area contributed by atoms with Crippen LogP contribution in [0.25, 0.3) is 0 Å². The number of carbonyl (C=O) groups is 2. The minimum atomic E-state index is -0.939. The molecule has 35 heavy (non-hydrogen) atoms. The Hall–Kier alpha value is -1.44. The fourth-order valence-electron chi connectivity index (χ4n) is 9.01. The number of ether oxygens (including phenoxy) is 2. The van der Waals surface area contributed by atoms with Crippen molar-refractivity contribution in [3.05, 3.63) is 11.6 Å². The average molecular weight is 490 g/mol. The molecule has 3 unspecified atom stereocenters. The summed E-state index contributed by atoms with van der Waals surface area (Å²) in [5, 5.41) is 26.8. The second kappa shape index (κ2) is 9.14. The lowest BCUT2D eigenvalue weighted by Crippen LogP contribution is -2.67. The summed E-state index contributed by atoms with van der Waals surface area (Å²) in [4.78, 5) is 23.8. The van der Waals surface area contributed by atoms with Gasteiger partial charge >= 0.3 is 5.97 Å². The number of aliphatic hydroxyl groups excluding tert-OH is 1. The fourth-order valence-corrected chi connectivity index (χ4v) is 9.01. The van der Waals surface area contributed by atoms with Gasteiger partial charge < -0.3 is 25.0 Å². The van der Waals surface area contributed by atoms with Crippen molar-refractivity contribution in [1.29, 1.82) is 0 Å². The first-order chi connectivity index (χ1) is 16.6. The highest BCUT2D eigenvalue weighted by atomic mass is 16.5. The molecular weight excluding hydrogens is 446 g/mol. The normalized spacial score (nSPS) is 46.8. The Balaban J connectivity index is 1.31. The van der Waals surface area contributed by atoms with Crippen LogP contribution in [0.15, 0.2) is 11.6 Å². The van der Waals surface area contributed by atoms with E-state index in [9.17, 15) is 19.8 Å². The second-order valence-corrected chi connectivity index (χ2v) is 12.4. The highest BCUT2D eigenvalue weighted by molar-refractivity contribution is 5.85. The van der Waals surface area contributed by atoms with Crippen LogP contribution in [0.5, 0.6) is 0 Å². The molecule has 4 saturated carbocycles. The van der Waals surface area contributed by atoms with Crippen LogP contribution in [0.2, 0.25) is 0 Å². The molecule has 0 aromatic carbocycles. The lowest BCUT2D eigenvalue weighted by molar-refractivity contribution is -0.245. The Kier molecular flexibility index (Phi) is 6.59. The SMILES string of the molecule is CCCNC(=O)CO[C@H]1CC[C@@]2(C)C(CCC3C2C[C@@H](O)[C@]2(C)[C@@H](C4=CC(=O)OC4)CC[C@]32O)C1. The molecule has 4 fully saturated rings. The molecule has 9 atom stereocenters. The van der Waals surface area contributed by atoms with Crippen molar-refractivity contribution in [2.75, 3.05) is 19.8 Å². The van der Waals surface area contributed by atoms with E-state index in [4.69, 9.17) is 9.47 Å². The molecule has 0 aromatic heterocycles. The van der Waals surface area contributed by atoms with E-state index < -0.39 is 17.1 Å². The Morgan fingerprint density at radius 1 is 1.17 bits per heavy atom. The highest BCUT2D eigenvalue weighted by Crippen LogP contribution is 2.69. The van der Waals surface area contributed by atoms with Gasteiger partial charge in [-0.15, -0.1) is 0 Å². The number of hydrogen-bond acceptors (Lipinski definition) is 6. The fraction of sp³-hybridized carbons (Fsp3) is 0.857. The molecule has 4 aliphatic carbocycles. The van der Waals surface area contributed by atoms with Crippen molar-refractivity contribution < 1.29 is 29.3 Å². The number of cyclic esters (lactones) is 1. The van der Waals surface area contributed by atoms with Crippen LogP contribution >= 0.6 is 0 Å². The number of carbonyl (C=O) groups excluding carboxylic acids is 2. The van der Waals surface area contributed by atoms with Crippen molar-refractivity contribution in [3.63, 3.8) is 0 Å². The number of rotatable bonds is 6. The molecule has 0 bridgehead atoms. The Bertz CT molecular complexity index is 889. The van der Waals surface area contributed by atoms with Gasteiger partial charge in [0, 0.05) is 18.0 Å². The molecule has 0 aromatic rings. The molecule has 196 valence electrons. The van der Waals surface area contributed by atoms with Gasteiger partial charge in [0.15, 0.2) is 0 Å². The standard InChI is InChI=1S/C28H43NO6/c1-4-11-29-24(31)16-34-19-7-9-26(2)18(13-19)5-6-21-22(26)14-23(30)27(3)20(8-10-28(21,27)33)17-12-25(32)35-15-17/h12,18-23,30,33H,4-11,13-16H2,1-3H3,(H,29,31)/t18?,19-,20+,21?,22?,23+,26-,27-,28-/m0/s1. The molecular formula is C28H43NO6. The van der Waals surface area contributed by atoms with Crippen LogP contribution in [-0.2, 0) is 19.1 Å². The van der Waals surface area contributed by atoms with E-state index in [1.807, 2.05) is 6.92 Å². The number of esters is 1. The zero-order valence-corrected chi connectivity index (χ0v) is 21.6. The van der Waals surface area contributed by atoms with Gasteiger partial charge in [0.1, 0.15) is 13.2 Å². The van der Waals surface area contributed by atoms with Crippen LogP contribution in [0.3, 0.4) is 0 Å². The lowest BCUT2D eigenvalue weighted by atomic mass is 9.42. The van der Waals surface area contributed by atoms with Gasteiger partial charge in [-0.25, -0.2) is 4.79 Å². The maximum absolute atomic E-state index is 12.3. The van der Waals surface area contributed by atoms with Crippen molar-refractivity contribution in [3.8, 4) is 0 Å². The van der Waals surface area contributed by atoms with E-state index in [-0.39, 0.29) is 54.4 Å². The van der Waals surface area contributed by atoms with Crippen LogP contribution in [-0.4, -0.2) is 59.7 Å². The molecule has 7 nitrogen and oxygen atoms in total. The van der Waals surface area contributed by atoms with Gasteiger partial charge in [-0.1, -0.05) is 20.8 Å². The monoisotopic (exact) mass is 489 g/mol. The maximum Gasteiger partial charge on any atom is 0.331 e. The van der Waals surface area contributed by atoms with Crippen LogP contribution in [0.4, 0.5) is 0 Å². The molecule has 1 heterocycles. The number of nitrogens with one attached hydrogen (secondary N) is 1. The predicted molar refractivity (Wildman–Crippen MR) is 130 cm³/mol. The first-order valence-electron chi connectivity index (χ1n) is 13.8. The largest absolute Gasteiger partial charge is 0.458 e. The summed E-state index contributed by atoms with van der Waals surface area (Å²) in [5.41, 5.74) is -0.615. The van der Waals surface area contributed by atoms with Crippen molar-refractivity contribution in [1.82, 2.24) is 5.32 Å². The lowest BCUT2D eigenvalue weighted by Gasteiger charge is -2.65. The third-order valence-electron chi connectivity index (χ3n) is 11.1. The van der Waals surface area contributed by atoms with Gasteiger partial charge in [-0.3, -0.25) is 4.79 Å². The van der Waals surface area contributed by atoms with E-state index in [0.717, 1.165) is 50.5 Å². The summed E-state index contributed by atoms with van der Waals surface area (Å²) < 4.78 is 11.2. The summed E-state index contributed by atoms with van der Waals surface area (Å²) in [6.07, 6.45) is 8.98. The smallest absolute Gasteiger partial charge is 0.331 e. The van der Waals surface area contributed by atoms with E-state index in [2.05, 4.69) is 19.2 Å². The topological polar surface area (TPSA) is 105 Å². The van der Waals surface area contributed by atoms with E-state index in [1.54, 1.807) is 6.08 Å². The van der Waals surface area contributed by atoms with E-state index in [0.29, 0.717) is 25.3 Å². The zero-order chi connectivity index (χ0) is 25.0. The van der Waals surface area contributed by atoms with E-state index in [1.165, 1.54) is 0 Å². The molecule has 7 heteroatoms. The number of fused-ring (bicyclic) bond motifs is 5. The van der Waals surface area contributed by atoms with Crippen LogP contribution in [0.1, 0.15) is 78.6 Å². The summed E-state index contributed by atoms with van der Waals surface area (Å²) in [7, 11) is 0. The van der Waals surface area contributed by atoms with E-state index >= 15 is 0 Å². The van der Waals surface area contributed by atoms with Crippen LogP contribution < -0.4 is 5.32 Å². The van der Waals surface area contributed by atoms with Gasteiger partial charge in [0.2, 0.25) is 5.91 Å². The van der Waals surface area contributed by atoms with Gasteiger partial charge in [0.05, 0.1) is 17.8 Å². The average Bonchev–Trinajstić information content (AvgIpc) is 3.38. The highest BCUT2D eigenvalue weighted by Gasteiger charge is 2.70. The third-order valence-corrected chi connectivity index (χ3v) is 11.1. The molecule has 0 radical (unpaired) electrons. The molecule has 0 spiro atoms. The van der Waals surface area contributed by atoms with Crippen molar-refractivity contribution in [2.24, 2.45) is 34.5 Å². The second-order valence-electron chi connectivity index (χ2n) is 12.4. The first-order valence-corrected chi connectivity index (χ1v) is 13.8. The maximum atomic E-state index is 12.3. The zero-order valence-electron chi connectivity index (χ0n) is 21.6. The summed E-state index contributed by atoms with van der Waals surface area (Å²) >= 11 is 0. The van der Waals surface area contributed by atoms with Gasteiger partial charge in [-0.05, 0) is 92.4 Å². The molecule has 1 aliphatic heterocycles. The Morgan fingerprint density at radius 2 is 1.97 bits per heavy atom. The van der Waals surface area contributed by atoms with Crippen LogP contribution in [0, 0.1) is 34.5 Å². The quantitative estimate of drug-likeness (QED) is 0.495. The number of amides is 1. The molecule has 1 amide bonds. The molecule has 5 aliphatic rings. The Morgan fingerprint density at radius 3 is 2.69 bits per heavy atom. The summed E-state index contributed by atoms with van der Waals surface area (Å²) in [6, 6.07) is 0. The Labute approximate surface area is 209 Å². The van der Waals surface area contributed by atoms with Crippen molar-refractivity contribution >= 4 is 11.9 Å². The molecule has 0 saturated heterocycles. The van der Waals surface area contributed by atoms with Crippen molar-refractivity contribution in [2.45, 2.75) is 96.4 Å². The third kappa shape index (κ3) is 3.88. The van der Waals surface area contributed by atoms with Gasteiger partial charge in [-0.2, -0.15) is 0 Å². The molecule has 5 rings (SSSR count). The number of aliphatic hydroxyl groups is 2. The minimum Gasteiger partial charge on any atom is -0.458 e. The summed E-state index contributed by atoms with van der Waals surface area (Å²) in [6.45, 7) is 7.55. The van der Waals surface area contributed by atoms with Gasteiger partial charge in [0.25, 0.3) is 0 Å². The molecule has 3 N–H and O–H groups in total.